The molecule has 0 saturated carbocycles. The third-order valence-electron chi connectivity index (χ3n) is 4.08. The van der Waals surface area contributed by atoms with Crippen LogP contribution in [0.1, 0.15) is 17.5 Å². The van der Waals surface area contributed by atoms with Gasteiger partial charge in [-0.05, 0) is 59.3 Å². The van der Waals surface area contributed by atoms with Crippen LogP contribution in [0, 0.1) is 5.82 Å². The van der Waals surface area contributed by atoms with Gasteiger partial charge in [0.25, 0.3) is 0 Å². The van der Waals surface area contributed by atoms with Gasteiger partial charge in [-0.1, -0.05) is 23.8 Å². The van der Waals surface area contributed by atoms with Crippen molar-refractivity contribution in [1.82, 2.24) is 4.37 Å². The molecule has 0 saturated heterocycles. The first-order chi connectivity index (χ1) is 11.1. The summed E-state index contributed by atoms with van der Waals surface area (Å²) in [5, 5.41) is 11.2. The molecule has 0 fully saturated rings. The minimum absolute atomic E-state index is 0.0994. The number of halogens is 2. The molecule has 0 radical (unpaired) electrons. The van der Waals surface area contributed by atoms with Gasteiger partial charge in [-0.25, -0.2) is 4.39 Å². The minimum atomic E-state index is -0.507. The lowest BCUT2D eigenvalue weighted by molar-refractivity contribution is 0.474. The Balaban J connectivity index is 2.08. The number of aromatic hydroxyl groups is 1. The van der Waals surface area contributed by atoms with Crippen LogP contribution in [0.3, 0.4) is 0 Å². The smallest absolute Gasteiger partial charge is 0.159 e. The summed E-state index contributed by atoms with van der Waals surface area (Å²) in [6.07, 6.45) is 5.68. The molecule has 0 unspecified atom stereocenters. The van der Waals surface area contributed by atoms with Crippen molar-refractivity contribution in [3.63, 3.8) is 0 Å². The molecule has 1 aromatic heterocycles. The maximum absolute atomic E-state index is 15.0. The zero-order valence-electron chi connectivity index (χ0n) is 11.9. The van der Waals surface area contributed by atoms with Crippen LogP contribution < -0.4 is 5.73 Å². The normalized spacial score (nSPS) is 13.5. The molecule has 0 atom stereocenters. The van der Waals surface area contributed by atoms with Gasteiger partial charge in [-0.2, -0.15) is 4.37 Å². The van der Waals surface area contributed by atoms with Gasteiger partial charge in [0.15, 0.2) is 5.82 Å². The first-order valence-electron chi connectivity index (χ1n) is 7.12. The molecule has 1 heterocycles. The average Bonchev–Trinajstić information content (AvgIpc) is 2.88. The summed E-state index contributed by atoms with van der Waals surface area (Å²) in [4.78, 5) is 0. The summed E-state index contributed by atoms with van der Waals surface area (Å²) >= 11 is 7.38. The van der Waals surface area contributed by atoms with Crippen molar-refractivity contribution in [1.29, 1.82) is 0 Å². The molecule has 116 valence electrons. The Morgan fingerprint density at radius 3 is 2.96 bits per heavy atom. The third-order valence-corrected chi connectivity index (χ3v) is 5.07. The first-order valence-corrected chi connectivity index (χ1v) is 8.27. The van der Waals surface area contributed by atoms with E-state index in [9.17, 15) is 5.11 Å². The third kappa shape index (κ3) is 2.19. The van der Waals surface area contributed by atoms with Crippen LogP contribution in [0.2, 0.25) is 5.02 Å². The Kier molecular flexibility index (Phi) is 3.28. The van der Waals surface area contributed by atoms with Crippen LogP contribution in [-0.4, -0.2) is 9.48 Å². The summed E-state index contributed by atoms with van der Waals surface area (Å²) in [7, 11) is 0. The van der Waals surface area contributed by atoms with Crippen molar-refractivity contribution in [2.24, 2.45) is 0 Å². The van der Waals surface area contributed by atoms with Crippen molar-refractivity contribution in [2.75, 3.05) is 5.73 Å². The Morgan fingerprint density at radius 2 is 2.13 bits per heavy atom. The second-order valence-electron chi connectivity index (χ2n) is 5.50. The van der Waals surface area contributed by atoms with Crippen LogP contribution in [0.15, 0.2) is 24.3 Å². The number of nitrogen functional groups attached to an aromatic ring is 1. The maximum Gasteiger partial charge on any atom is 0.159 e. The maximum atomic E-state index is 15.0. The van der Waals surface area contributed by atoms with Crippen LogP contribution in [0.4, 0.5) is 9.39 Å². The molecule has 0 aliphatic heterocycles. The van der Waals surface area contributed by atoms with E-state index < -0.39 is 5.82 Å². The molecule has 1 aliphatic carbocycles. The molecule has 2 aromatic carbocycles. The Bertz CT molecular complexity index is 981. The van der Waals surface area contributed by atoms with E-state index in [4.69, 9.17) is 17.3 Å². The number of hydrogen-bond donors (Lipinski definition) is 2. The summed E-state index contributed by atoms with van der Waals surface area (Å²) < 4.78 is 19.1. The Morgan fingerprint density at radius 1 is 1.30 bits per heavy atom. The highest BCUT2D eigenvalue weighted by molar-refractivity contribution is 7.11. The molecule has 3 N–H and O–H groups in total. The second-order valence-corrected chi connectivity index (χ2v) is 6.71. The van der Waals surface area contributed by atoms with Gasteiger partial charge in [0.05, 0.1) is 5.02 Å². The lowest BCUT2D eigenvalue weighted by Crippen LogP contribution is -1.99. The van der Waals surface area contributed by atoms with E-state index in [0.29, 0.717) is 16.0 Å². The lowest BCUT2D eigenvalue weighted by Gasteiger charge is -2.17. The fourth-order valence-electron chi connectivity index (χ4n) is 3.02. The first kappa shape index (κ1) is 14.5. The van der Waals surface area contributed by atoms with Crippen molar-refractivity contribution < 1.29 is 9.50 Å². The van der Waals surface area contributed by atoms with Crippen molar-refractivity contribution in [3.05, 3.63) is 46.2 Å². The predicted molar refractivity (Wildman–Crippen MR) is 93.5 cm³/mol. The van der Waals surface area contributed by atoms with E-state index in [-0.39, 0.29) is 21.9 Å². The molecule has 6 heteroatoms. The van der Waals surface area contributed by atoms with Gasteiger partial charge in [0.2, 0.25) is 0 Å². The summed E-state index contributed by atoms with van der Waals surface area (Å²) in [6, 6.07) is 4.89. The van der Waals surface area contributed by atoms with Gasteiger partial charge in [-0.3, -0.25) is 0 Å². The number of phenolic OH excluding ortho intramolecular Hbond substituents is 1. The SMILES string of the molecule is Nc1snc2c(F)c(-c3cc(O)cc4c3C=CCC4)c(Cl)cc12. The van der Waals surface area contributed by atoms with Gasteiger partial charge >= 0.3 is 0 Å². The number of allylic oxidation sites excluding steroid dienone is 1. The minimum Gasteiger partial charge on any atom is -0.508 e. The van der Waals surface area contributed by atoms with E-state index in [2.05, 4.69) is 4.37 Å². The fourth-order valence-corrected chi connectivity index (χ4v) is 3.94. The molecule has 23 heavy (non-hydrogen) atoms. The van der Waals surface area contributed by atoms with Crippen LogP contribution in [0.5, 0.6) is 5.75 Å². The quantitative estimate of drug-likeness (QED) is 0.651. The highest BCUT2D eigenvalue weighted by Gasteiger charge is 2.22. The second kappa shape index (κ2) is 5.22. The van der Waals surface area contributed by atoms with Gasteiger partial charge < -0.3 is 10.8 Å². The van der Waals surface area contributed by atoms with Crippen molar-refractivity contribution in [2.45, 2.75) is 12.8 Å². The van der Waals surface area contributed by atoms with Crippen LogP contribution in [0.25, 0.3) is 28.1 Å². The number of anilines is 1. The number of fused-ring (bicyclic) bond motifs is 2. The Labute approximate surface area is 141 Å². The number of rotatable bonds is 1. The van der Waals surface area contributed by atoms with Gasteiger partial charge in [0, 0.05) is 10.9 Å². The van der Waals surface area contributed by atoms with Crippen molar-refractivity contribution >= 4 is 45.1 Å². The summed E-state index contributed by atoms with van der Waals surface area (Å²) in [5.41, 5.74) is 8.73. The number of aromatic nitrogens is 1. The van der Waals surface area contributed by atoms with E-state index in [1.54, 1.807) is 18.2 Å². The molecular formula is C17H12ClFN2OS. The standard InChI is InChI=1S/C17H12ClFN2OS/c18-13-7-12-16(21-23-17(12)20)15(19)14(13)11-6-9(22)5-8-3-1-2-4-10(8)11/h2,4-7,22H,1,3,20H2. The van der Waals surface area contributed by atoms with E-state index >= 15 is 4.39 Å². The van der Waals surface area contributed by atoms with E-state index in [1.165, 1.54) is 0 Å². The van der Waals surface area contributed by atoms with Crippen molar-refractivity contribution in [3.8, 4) is 16.9 Å². The molecule has 3 nitrogen and oxygen atoms in total. The van der Waals surface area contributed by atoms with E-state index in [1.807, 2.05) is 12.2 Å². The topological polar surface area (TPSA) is 59.1 Å². The number of aryl methyl sites for hydroxylation is 1. The molecule has 0 bridgehead atoms. The molecule has 0 amide bonds. The summed E-state index contributed by atoms with van der Waals surface area (Å²) in [5.74, 6) is -0.408. The number of nitrogens with zero attached hydrogens (tertiary/aromatic N) is 1. The van der Waals surface area contributed by atoms with Gasteiger partial charge in [0.1, 0.15) is 16.3 Å². The molecule has 4 rings (SSSR count). The predicted octanol–water partition coefficient (Wildman–Crippen LogP) is 5.00. The number of phenols is 1. The fraction of sp³-hybridized carbons (Fsp3) is 0.118. The number of benzene rings is 2. The number of nitrogens with two attached hydrogens (primary N) is 1. The molecule has 1 aliphatic rings. The zero-order valence-corrected chi connectivity index (χ0v) is 13.5. The number of hydrogen-bond acceptors (Lipinski definition) is 4. The average molecular weight is 347 g/mol. The lowest BCUT2D eigenvalue weighted by atomic mass is 9.89. The highest BCUT2D eigenvalue weighted by atomic mass is 35.5. The monoisotopic (exact) mass is 346 g/mol. The summed E-state index contributed by atoms with van der Waals surface area (Å²) in [6.45, 7) is 0. The molecule has 0 spiro atoms. The van der Waals surface area contributed by atoms with Gasteiger partial charge in [-0.15, -0.1) is 0 Å². The highest BCUT2D eigenvalue weighted by Crippen LogP contribution is 2.42. The Hall–Kier alpha value is -2.11. The largest absolute Gasteiger partial charge is 0.508 e. The molecular weight excluding hydrogens is 335 g/mol. The van der Waals surface area contributed by atoms with Crippen LogP contribution in [-0.2, 0) is 6.42 Å². The molecule has 3 aromatic rings. The zero-order chi connectivity index (χ0) is 16.1. The van der Waals surface area contributed by atoms with E-state index in [0.717, 1.165) is 35.5 Å². The van der Waals surface area contributed by atoms with Crippen LogP contribution >= 0.6 is 23.1 Å².